The first-order chi connectivity index (χ1) is 9.46. The van der Waals surface area contributed by atoms with Gasteiger partial charge in [-0.15, -0.1) is 11.8 Å². The summed E-state index contributed by atoms with van der Waals surface area (Å²) in [7, 11) is 3.01. The van der Waals surface area contributed by atoms with Crippen LogP contribution < -0.4 is 9.47 Å². The SMILES string of the molecule is COc1ccc(OC)c(SC(CC(=O)O)CC(=O)O)c1. The summed E-state index contributed by atoms with van der Waals surface area (Å²) in [6.07, 6.45) is -0.478. The average molecular weight is 300 g/mol. The van der Waals surface area contributed by atoms with E-state index in [-0.39, 0.29) is 12.8 Å². The van der Waals surface area contributed by atoms with Crippen LogP contribution in [0, 0.1) is 0 Å². The summed E-state index contributed by atoms with van der Waals surface area (Å²) in [5, 5.41) is 17.1. The second kappa shape index (κ2) is 7.64. The van der Waals surface area contributed by atoms with E-state index in [0.29, 0.717) is 16.4 Å². The minimum atomic E-state index is -1.04. The highest BCUT2D eigenvalue weighted by atomic mass is 32.2. The van der Waals surface area contributed by atoms with Crippen molar-refractivity contribution < 1.29 is 29.3 Å². The lowest BCUT2D eigenvalue weighted by Gasteiger charge is -2.15. The van der Waals surface area contributed by atoms with Crippen molar-refractivity contribution in [3.63, 3.8) is 0 Å². The van der Waals surface area contributed by atoms with Crippen LogP contribution >= 0.6 is 11.8 Å². The van der Waals surface area contributed by atoms with Gasteiger partial charge in [0.25, 0.3) is 0 Å². The van der Waals surface area contributed by atoms with Gasteiger partial charge in [-0.2, -0.15) is 0 Å². The molecule has 110 valence electrons. The number of benzene rings is 1. The number of carbonyl (C=O) groups is 2. The maximum absolute atomic E-state index is 10.8. The molecule has 0 saturated carbocycles. The highest BCUT2D eigenvalue weighted by Crippen LogP contribution is 2.37. The molecule has 0 unspecified atom stereocenters. The zero-order chi connectivity index (χ0) is 15.1. The fourth-order valence-corrected chi connectivity index (χ4v) is 2.86. The molecule has 1 aromatic carbocycles. The van der Waals surface area contributed by atoms with Gasteiger partial charge in [0.1, 0.15) is 11.5 Å². The summed E-state index contributed by atoms with van der Waals surface area (Å²) in [6, 6.07) is 5.10. The van der Waals surface area contributed by atoms with Gasteiger partial charge in [-0.05, 0) is 18.2 Å². The van der Waals surface area contributed by atoms with Crippen molar-refractivity contribution in [2.24, 2.45) is 0 Å². The topological polar surface area (TPSA) is 93.1 Å². The molecule has 0 fully saturated rings. The van der Waals surface area contributed by atoms with Gasteiger partial charge in [0.15, 0.2) is 0 Å². The first-order valence-corrected chi connectivity index (χ1v) is 6.66. The van der Waals surface area contributed by atoms with Crippen molar-refractivity contribution >= 4 is 23.7 Å². The van der Waals surface area contributed by atoms with Crippen LogP contribution in [-0.2, 0) is 9.59 Å². The fourth-order valence-electron chi connectivity index (χ4n) is 1.60. The molecule has 0 aliphatic carbocycles. The summed E-state index contributed by atoms with van der Waals surface area (Å²) in [6.45, 7) is 0. The van der Waals surface area contributed by atoms with Crippen LogP contribution in [0.4, 0.5) is 0 Å². The van der Waals surface area contributed by atoms with Crippen molar-refractivity contribution in [1.82, 2.24) is 0 Å². The third-order valence-electron chi connectivity index (χ3n) is 2.47. The lowest BCUT2D eigenvalue weighted by Crippen LogP contribution is -2.14. The zero-order valence-electron chi connectivity index (χ0n) is 11.2. The molecular weight excluding hydrogens is 284 g/mol. The van der Waals surface area contributed by atoms with Crippen LogP contribution in [0.3, 0.4) is 0 Å². The molecule has 0 bridgehead atoms. The monoisotopic (exact) mass is 300 g/mol. The first-order valence-electron chi connectivity index (χ1n) is 5.78. The Kier molecular flexibility index (Phi) is 6.17. The van der Waals surface area contributed by atoms with Gasteiger partial charge in [-0.1, -0.05) is 0 Å². The number of aliphatic carboxylic acids is 2. The van der Waals surface area contributed by atoms with E-state index in [1.54, 1.807) is 18.2 Å². The van der Waals surface area contributed by atoms with E-state index in [1.807, 2.05) is 0 Å². The Bertz CT molecular complexity index is 472. The van der Waals surface area contributed by atoms with Crippen molar-refractivity contribution in [2.45, 2.75) is 23.0 Å². The minimum Gasteiger partial charge on any atom is -0.497 e. The molecule has 1 rings (SSSR count). The molecule has 0 aliphatic rings. The summed E-state index contributed by atoms with van der Waals surface area (Å²) in [5.74, 6) is -0.925. The Morgan fingerprint density at radius 1 is 1.15 bits per heavy atom. The maximum Gasteiger partial charge on any atom is 0.304 e. The first kappa shape index (κ1) is 16.2. The molecule has 20 heavy (non-hydrogen) atoms. The van der Waals surface area contributed by atoms with Crippen molar-refractivity contribution in [3.8, 4) is 11.5 Å². The lowest BCUT2D eigenvalue weighted by molar-refractivity contribution is -0.138. The largest absolute Gasteiger partial charge is 0.497 e. The molecular formula is C13H16O6S. The molecule has 2 N–H and O–H groups in total. The second-order valence-electron chi connectivity index (χ2n) is 3.95. The standard InChI is InChI=1S/C13H16O6S/c1-18-8-3-4-10(19-2)11(5-8)20-9(6-12(14)15)7-13(16)17/h3-5,9H,6-7H2,1-2H3,(H,14,15)(H,16,17). The molecule has 1 aromatic rings. The number of carboxylic acids is 2. The quantitative estimate of drug-likeness (QED) is 0.710. The van der Waals surface area contributed by atoms with E-state index in [4.69, 9.17) is 19.7 Å². The molecule has 7 heteroatoms. The number of methoxy groups -OCH3 is 2. The molecule has 0 atom stereocenters. The van der Waals surface area contributed by atoms with Crippen LogP contribution in [0.2, 0.25) is 0 Å². The summed E-state index contributed by atoms with van der Waals surface area (Å²) in [5.41, 5.74) is 0. The Labute approximate surface area is 120 Å². The average Bonchev–Trinajstić information content (AvgIpc) is 2.37. The summed E-state index contributed by atoms with van der Waals surface area (Å²) < 4.78 is 10.3. The van der Waals surface area contributed by atoms with E-state index in [2.05, 4.69) is 0 Å². The molecule has 6 nitrogen and oxygen atoms in total. The molecule has 0 aliphatic heterocycles. The van der Waals surface area contributed by atoms with Crippen LogP contribution in [0.15, 0.2) is 23.1 Å². The predicted octanol–water partition coefficient (Wildman–Crippen LogP) is 2.11. The number of ether oxygens (including phenoxy) is 2. The van der Waals surface area contributed by atoms with E-state index in [0.717, 1.165) is 11.8 Å². The summed E-state index contributed by atoms with van der Waals surface area (Å²) >= 11 is 1.16. The Balaban J connectivity index is 2.95. The van der Waals surface area contributed by atoms with Crippen molar-refractivity contribution in [2.75, 3.05) is 14.2 Å². The molecule has 0 heterocycles. The van der Waals surface area contributed by atoms with E-state index in [9.17, 15) is 9.59 Å². The lowest BCUT2D eigenvalue weighted by atomic mass is 10.2. The normalized spacial score (nSPS) is 10.3. The molecule has 0 aromatic heterocycles. The molecule has 0 amide bonds. The van der Waals surface area contributed by atoms with Gasteiger partial charge in [-0.3, -0.25) is 9.59 Å². The highest BCUT2D eigenvalue weighted by Gasteiger charge is 2.20. The number of hydrogen-bond donors (Lipinski definition) is 2. The van der Waals surface area contributed by atoms with E-state index >= 15 is 0 Å². The Morgan fingerprint density at radius 2 is 1.75 bits per heavy atom. The predicted molar refractivity (Wildman–Crippen MR) is 73.7 cm³/mol. The number of carboxylic acid groups (broad SMARTS) is 2. The van der Waals surface area contributed by atoms with E-state index in [1.165, 1.54) is 14.2 Å². The Hall–Kier alpha value is -1.89. The molecule has 0 saturated heterocycles. The third-order valence-corrected chi connectivity index (χ3v) is 3.71. The van der Waals surface area contributed by atoms with Crippen molar-refractivity contribution in [3.05, 3.63) is 18.2 Å². The van der Waals surface area contributed by atoms with Gasteiger partial charge in [0.2, 0.25) is 0 Å². The number of thioether (sulfide) groups is 1. The zero-order valence-corrected chi connectivity index (χ0v) is 12.0. The van der Waals surface area contributed by atoms with Gasteiger partial charge in [0.05, 0.1) is 32.0 Å². The number of hydrogen-bond acceptors (Lipinski definition) is 5. The number of rotatable bonds is 8. The van der Waals surface area contributed by atoms with Gasteiger partial charge < -0.3 is 19.7 Å². The summed E-state index contributed by atoms with van der Waals surface area (Å²) in [4.78, 5) is 22.2. The van der Waals surface area contributed by atoms with E-state index < -0.39 is 17.2 Å². The molecule has 0 spiro atoms. The highest BCUT2D eigenvalue weighted by molar-refractivity contribution is 8.00. The van der Waals surface area contributed by atoms with Crippen LogP contribution in [0.1, 0.15) is 12.8 Å². The Morgan fingerprint density at radius 3 is 2.20 bits per heavy atom. The molecule has 0 radical (unpaired) electrons. The maximum atomic E-state index is 10.8. The second-order valence-corrected chi connectivity index (χ2v) is 5.29. The fraction of sp³-hybridized carbons (Fsp3) is 0.385. The van der Waals surface area contributed by atoms with Gasteiger partial charge in [-0.25, -0.2) is 0 Å². The smallest absolute Gasteiger partial charge is 0.304 e. The third kappa shape index (κ3) is 5.00. The van der Waals surface area contributed by atoms with Crippen molar-refractivity contribution in [1.29, 1.82) is 0 Å². The van der Waals surface area contributed by atoms with Crippen LogP contribution in [0.5, 0.6) is 11.5 Å². The minimum absolute atomic E-state index is 0.239. The van der Waals surface area contributed by atoms with Crippen LogP contribution in [0.25, 0.3) is 0 Å². The van der Waals surface area contributed by atoms with Gasteiger partial charge in [0, 0.05) is 5.25 Å². The van der Waals surface area contributed by atoms with Gasteiger partial charge >= 0.3 is 11.9 Å². The van der Waals surface area contributed by atoms with Crippen LogP contribution in [-0.4, -0.2) is 41.6 Å².